The van der Waals surface area contributed by atoms with Crippen LogP contribution in [0.25, 0.3) is 0 Å². The SMILES string of the molecule is CCCCCCC/C=C\C/C=C\CCCCCCCCCCCCCCCC(=O)OC(COCCCCCCCC/C=C\CCCCCCC)COP(=O)(O)OCC[N+](C)(C)C. The fourth-order valence-corrected chi connectivity index (χ4v) is 8.09. The van der Waals surface area contributed by atoms with E-state index in [2.05, 4.69) is 50.3 Å². The van der Waals surface area contributed by atoms with E-state index in [1.807, 2.05) is 21.1 Å². The number of likely N-dealkylation sites (N-methyl/N-ethyl adjacent to an activating group) is 1. The number of carbonyl (C=O) groups excluding carboxylic acids is 1. The van der Waals surface area contributed by atoms with Crippen LogP contribution in [0.5, 0.6) is 0 Å². The van der Waals surface area contributed by atoms with Crippen LogP contribution in [0.3, 0.4) is 0 Å². The van der Waals surface area contributed by atoms with Crippen LogP contribution in [0.4, 0.5) is 0 Å². The molecule has 0 heterocycles. The molecule has 0 aromatic rings. The van der Waals surface area contributed by atoms with Gasteiger partial charge in [-0.2, -0.15) is 0 Å². The van der Waals surface area contributed by atoms with Crippen LogP contribution in [-0.4, -0.2) is 75.6 Å². The quantitative estimate of drug-likeness (QED) is 0.0214. The van der Waals surface area contributed by atoms with Crippen molar-refractivity contribution >= 4 is 13.8 Å². The molecule has 0 aromatic carbocycles. The summed E-state index contributed by atoms with van der Waals surface area (Å²) in [5.41, 5.74) is 0. The Morgan fingerprint density at radius 1 is 0.500 bits per heavy atom. The van der Waals surface area contributed by atoms with E-state index in [0.29, 0.717) is 24.1 Å². The lowest BCUT2D eigenvalue weighted by molar-refractivity contribution is -0.870. The van der Waals surface area contributed by atoms with Crippen LogP contribution in [0.2, 0.25) is 0 Å². The first-order valence-corrected chi connectivity index (χ1v) is 27.7. The number of rotatable bonds is 49. The minimum Gasteiger partial charge on any atom is -0.457 e. The lowest BCUT2D eigenvalue weighted by atomic mass is 10.0. The van der Waals surface area contributed by atoms with Crippen molar-refractivity contribution in [3.05, 3.63) is 36.5 Å². The van der Waals surface area contributed by atoms with Crippen molar-refractivity contribution in [2.75, 3.05) is 54.1 Å². The molecule has 2 atom stereocenters. The molecule has 0 amide bonds. The molecular formula is C53H103NO7P+. The summed E-state index contributed by atoms with van der Waals surface area (Å²) < 4.78 is 35.1. The van der Waals surface area contributed by atoms with E-state index in [-0.39, 0.29) is 25.8 Å². The molecular weight excluding hydrogens is 794 g/mol. The molecule has 0 spiro atoms. The van der Waals surface area contributed by atoms with Gasteiger partial charge in [0, 0.05) is 13.0 Å². The summed E-state index contributed by atoms with van der Waals surface area (Å²) in [5, 5.41) is 0. The summed E-state index contributed by atoms with van der Waals surface area (Å²) in [4.78, 5) is 23.0. The van der Waals surface area contributed by atoms with E-state index in [1.165, 1.54) is 180 Å². The Bertz CT molecular complexity index is 1090. The molecule has 0 aliphatic heterocycles. The minimum absolute atomic E-state index is 0.0880. The second kappa shape index (κ2) is 46.3. The van der Waals surface area contributed by atoms with Crippen LogP contribution >= 0.6 is 7.82 Å². The number of ether oxygens (including phenoxy) is 2. The predicted molar refractivity (Wildman–Crippen MR) is 266 cm³/mol. The van der Waals surface area contributed by atoms with E-state index in [4.69, 9.17) is 18.5 Å². The molecule has 0 aromatic heterocycles. The summed E-state index contributed by atoms with van der Waals surface area (Å²) in [5.74, 6) is -0.314. The third-order valence-corrected chi connectivity index (χ3v) is 12.4. The number of hydrogen-bond acceptors (Lipinski definition) is 6. The van der Waals surface area contributed by atoms with Gasteiger partial charge in [0.05, 0.1) is 34.4 Å². The van der Waals surface area contributed by atoms with Crippen LogP contribution in [-0.2, 0) is 27.9 Å². The van der Waals surface area contributed by atoms with Gasteiger partial charge < -0.3 is 18.9 Å². The fraction of sp³-hybridized carbons (Fsp3) is 0.868. The van der Waals surface area contributed by atoms with Crippen LogP contribution in [0.1, 0.15) is 239 Å². The third kappa shape index (κ3) is 49.7. The van der Waals surface area contributed by atoms with E-state index < -0.39 is 13.9 Å². The Kier molecular flexibility index (Phi) is 45.3. The maximum atomic E-state index is 12.8. The van der Waals surface area contributed by atoms with Crippen LogP contribution < -0.4 is 0 Å². The lowest BCUT2D eigenvalue weighted by Crippen LogP contribution is -2.37. The van der Waals surface area contributed by atoms with Crippen molar-refractivity contribution in [1.82, 2.24) is 0 Å². The number of nitrogens with zero attached hydrogens (tertiary/aromatic N) is 1. The van der Waals surface area contributed by atoms with E-state index >= 15 is 0 Å². The molecule has 0 rings (SSSR count). The second-order valence-corrected chi connectivity index (χ2v) is 20.4. The summed E-state index contributed by atoms with van der Waals surface area (Å²) in [6.07, 6.45) is 56.2. The molecule has 0 radical (unpaired) electrons. The molecule has 9 heteroatoms. The lowest BCUT2D eigenvalue weighted by Gasteiger charge is -2.24. The highest BCUT2D eigenvalue weighted by molar-refractivity contribution is 7.47. The first-order valence-electron chi connectivity index (χ1n) is 26.2. The van der Waals surface area contributed by atoms with Gasteiger partial charge in [-0.05, 0) is 70.6 Å². The second-order valence-electron chi connectivity index (χ2n) is 18.9. The zero-order chi connectivity index (χ0) is 45.5. The maximum Gasteiger partial charge on any atom is 0.472 e. The monoisotopic (exact) mass is 897 g/mol. The summed E-state index contributed by atoms with van der Waals surface area (Å²) in [6.45, 7) is 5.62. The van der Waals surface area contributed by atoms with Gasteiger partial charge in [0.15, 0.2) is 0 Å². The van der Waals surface area contributed by atoms with E-state index in [9.17, 15) is 14.3 Å². The number of esters is 1. The Hall–Kier alpha value is -1.28. The minimum atomic E-state index is -4.28. The molecule has 0 saturated heterocycles. The molecule has 1 N–H and O–H groups in total. The van der Waals surface area contributed by atoms with E-state index in [0.717, 1.165) is 38.5 Å². The third-order valence-electron chi connectivity index (χ3n) is 11.4. The summed E-state index contributed by atoms with van der Waals surface area (Å²) >= 11 is 0. The molecule has 366 valence electrons. The largest absolute Gasteiger partial charge is 0.472 e. The number of hydrogen-bond donors (Lipinski definition) is 1. The highest BCUT2D eigenvalue weighted by Crippen LogP contribution is 2.43. The summed E-state index contributed by atoms with van der Waals surface area (Å²) in [6, 6.07) is 0. The average molecular weight is 897 g/mol. The first-order chi connectivity index (χ1) is 30.1. The zero-order valence-electron chi connectivity index (χ0n) is 41.6. The number of carbonyl (C=O) groups is 1. The molecule has 62 heavy (non-hydrogen) atoms. The van der Waals surface area contributed by atoms with Crippen LogP contribution in [0.15, 0.2) is 36.5 Å². The van der Waals surface area contributed by atoms with Gasteiger partial charge in [-0.3, -0.25) is 13.8 Å². The smallest absolute Gasteiger partial charge is 0.457 e. The first kappa shape index (κ1) is 60.7. The Balaban J connectivity index is 4.08. The van der Waals surface area contributed by atoms with Gasteiger partial charge in [-0.25, -0.2) is 4.57 Å². The van der Waals surface area contributed by atoms with Gasteiger partial charge in [0.25, 0.3) is 0 Å². The van der Waals surface area contributed by atoms with Crippen molar-refractivity contribution < 1.29 is 37.3 Å². The molecule has 0 aliphatic carbocycles. The molecule has 2 unspecified atom stereocenters. The van der Waals surface area contributed by atoms with Gasteiger partial charge in [0.1, 0.15) is 19.3 Å². The maximum absolute atomic E-state index is 12.8. The molecule has 0 saturated carbocycles. The highest BCUT2D eigenvalue weighted by Gasteiger charge is 2.26. The Morgan fingerprint density at radius 2 is 0.887 bits per heavy atom. The predicted octanol–water partition coefficient (Wildman–Crippen LogP) is 16.1. The Morgan fingerprint density at radius 3 is 1.32 bits per heavy atom. The van der Waals surface area contributed by atoms with Gasteiger partial charge in [-0.15, -0.1) is 0 Å². The number of phosphoric ester groups is 1. The van der Waals surface area contributed by atoms with Gasteiger partial charge in [0.2, 0.25) is 0 Å². The van der Waals surface area contributed by atoms with Crippen molar-refractivity contribution in [3.63, 3.8) is 0 Å². The molecule has 0 fully saturated rings. The van der Waals surface area contributed by atoms with Gasteiger partial charge in [-0.1, -0.05) is 198 Å². The normalized spacial score (nSPS) is 13.8. The molecule has 0 aliphatic rings. The number of quaternary nitrogens is 1. The fourth-order valence-electron chi connectivity index (χ4n) is 7.34. The highest BCUT2D eigenvalue weighted by atomic mass is 31.2. The average Bonchev–Trinajstić information content (AvgIpc) is 3.23. The van der Waals surface area contributed by atoms with Crippen molar-refractivity contribution in [3.8, 4) is 0 Å². The topological polar surface area (TPSA) is 91.3 Å². The zero-order valence-corrected chi connectivity index (χ0v) is 42.5. The van der Waals surface area contributed by atoms with Crippen molar-refractivity contribution in [1.29, 1.82) is 0 Å². The van der Waals surface area contributed by atoms with E-state index in [1.54, 1.807) is 0 Å². The molecule has 8 nitrogen and oxygen atoms in total. The van der Waals surface area contributed by atoms with Crippen molar-refractivity contribution in [2.45, 2.75) is 245 Å². The number of phosphoric acid groups is 1. The van der Waals surface area contributed by atoms with Gasteiger partial charge >= 0.3 is 13.8 Å². The number of allylic oxidation sites excluding steroid dienone is 6. The summed E-state index contributed by atoms with van der Waals surface area (Å²) in [7, 11) is 1.67. The number of unbranched alkanes of at least 4 members (excludes halogenated alkanes) is 29. The Labute approximate surface area is 385 Å². The van der Waals surface area contributed by atoms with Crippen molar-refractivity contribution in [2.24, 2.45) is 0 Å². The van der Waals surface area contributed by atoms with Crippen LogP contribution in [0, 0.1) is 0 Å². The standard InChI is InChI=1S/C53H102NO7P/c1-6-8-10-12-14-16-18-20-22-23-24-25-26-27-28-29-30-31-32-34-36-38-40-42-44-46-53(55)61-52(51-60-62(56,57)59-49-47-54(3,4)5)50-58-48-45-43-41-39-37-35-33-21-19-17-15-13-11-9-7-2/h18-21,23-24,52H,6-17,22,25-51H2,1-5H3/p+1/b20-18-,21-19-,24-23-. The molecule has 0 bridgehead atoms.